The number of alkyl halides is 2. The van der Waals surface area contributed by atoms with Crippen LogP contribution in [0.5, 0.6) is 0 Å². The fraction of sp³-hybridized carbons (Fsp3) is 0.154. The predicted molar refractivity (Wildman–Crippen MR) is 256 cm³/mol. The van der Waals surface area contributed by atoms with Gasteiger partial charge in [0, 0.05) is 47.0 Å². The van der Waals surface area contributed by atoms with Crippen molar-refractivity contribution >= 4 is 134 Å². The highest BCUT2D eigenvalue weighted by Crippen LogP contribution is 2.26. The first-order valence-corrected chi connectivity index (χ1v) is 21.0. The number of aliphatic hydroxyl groups is 1. The van der Waals surface area contributed by atoms with Gasteiger partial charge in [-0.15, -0.1) is 34.0 Å². The smallest absolute Gasteiger partial charge is 0.168 e. The maximum atomic E-state index is 13.7. The van der Waals surface area contributed by atoms with Gasteiger partial charge >= 0.3 is 0 Å². The first-order chi connectivity index (χ1) is 27.2. The summed E-state index contributed by atoms with van der Waals surface area (Å²) in [6.07, 6.45) is 0. The number of halogens is 10. The number of amidine groups is 2. The van der Waals surface area contributed by atoms with Gasteiger partial charge in [0.15, 0.2) is 27.1 Å². The molecule has 0 radical (unpaired) electrons. The molecule has 5 aromatic rings. The van der Waals surface area contributed by atoms with E-state index in [4.69, 9.17) is 22.3 Å². The lowest BCUT2D eigenvalue weighted by Gasteiger charge is -2.09. The van der Waals surface area contributed by atoms with E-state index < -0.39 is 34.9 Å². The molecule has 0 aliphatic heterocycles. The summed E-state index contributed by atoms with van der Waals surface area (Å²) in [5.41, 5.74) is 21.5. The van der Waals surface area contributed by atoms with Gasteiger partial charge in [-0.1, -0.05) is 104 Å². The molecule has 0 aliphatic carbocycles. The molecule has 0 saturated carbocycles. The first-order valence-electron chi connectivity index (χ1n) is 16.4. The topological polar surface area (TPSA) is 135 Å². The normalized spacial score (nSPS) is 10.5. The van der Waals surface area contributed by atoms with Gasteiger partial charge in [-0.2, -0.15) is 0 Å². The van der Waals surface area contributed by atoms with E-state index in [0.29, 0.717) is 11.5 Å². The fourth-order valence-corrected chi connectivity index (χ4v) is 6.83. The lowest BCUT2D eigenvalue weighted by Crippen LogP contribution is -2.19. The van der Waals surface area contributed by atoms with Gasteiger partial charge in [0.1, 0.15) is 34.6 Å². The number of benzene rings is 5. The van der Waals surface area contributed by atoms with Crippen molar-refractivity contribution in [3.63, 3.8) is 0 Å². The Labute approximate surface area is 390 Å². The van der Waals surface area contributed by atoms with Crippen molar-refractivity contribution in [3.05, 3.63) is 160 Å². The molecule has 0 saturated heterocycles. The quantitative estimate of drug-likeness (QED) is 0.0324. The van der Waals surface area contributed by atoms with Crippen LogP contribution < -0.4 is 22.5 Å². The van der Waals surface area contributed by atoms with Crippen LogP contribution in [0.25, 0.3) is 0 Å². The molecular weight excluding hydrogens is 1100 g/mol. The van der Waals surface area contributed by atoms with E-state index in [-0.39, 0.29) is 73.1 Å². The minimum absolute atomic E-state index is 0. The molecule has 0 unspecified atom stereocenters. The van der Waals surface area contributed by atoms with E-state index in [1.54, 1.807) is 6.92 Å². The van der Waals surface area contributed by atoms with Crippen molar-refractivity contribution in [2.24, 2.45) is 27.2 Å². The third-order valence-electron chi connectivity index (χ3n) is 6.75. The molecule has 0 fully saturated rings. The highest BCUT2D eigenvalue weighted by Gasteiger charge is 2.09. The molecule has 5 aromatic carbocycles. The Morgan fingerprint density at radius 2 is 0.949 bits per heavy atom. The van der Waals surface area contributed by atoms with Crippen molar-refractivity contribution < 1.29 is 31.4 Å². The Kier molecular flexibility index (Phi) is 29.2. The summed E-state index contributed by atoms with van der Waals surface area (Å²) in [6.45, 7) is 1.93. The third-order valence-corrected chi connectivity index (χ3v) is 9.74. The molecule has 0 spiro atoms. The van der Waals surface area contributed by atoms with Crippen LogP contribution in [-0.2, 0) is 22.2 Å². The molecule has 20 heteroatoms. The van der Waals surface area contributed by atoms with Gasteiger partial charge in [0.2, 0.25) is 0 Å². The monoisotopic (exact) mass is 1130 g/mol. The number of aliphatic hydroxyl groups excluding tert-OH is 1. The van der Waals surface area contributed by atoms with E-state index in [9.17, 15) is 26.3 Å². The highest BCUT2D eigenvalue weighted by molar-refractivity contribution is 9.09. The Hall–Kier alpha value is -3.11. The lowest BCUT2D eigenvalue weighted by atomic mass is 10.1. The predicted octanol–water partition coefficient (Wildman–Crippen LogP) is 12.3. The summed E-state index contributed by atoms with van der Waals surface area (Å²) in [7, 11) is 0. The van der Waals surface area contributed by atoms with Crippen molar-refractivity contribution in [2.45, 2.75) is 29.1 Å². The van der Waals surface area contributed by atoms with Gasteiger partial charge < -0.3 is 27.6 Å². The number of nitrogens with zero attached hydrogens (tertiary/aromatic N) is 2. The van der Waals surface area contributed by atoms with Crippen molar-refractivity contribution in [3.8, 4) is 0 Å². The number of hydrogen-bond donors (Lipinski definition) is 5. The van der Waals surface area contributed by atoms with Gasteiger partial charge in [0.05, 0.1) is 5.69 Å². The summed E-state index contributed by atoms with van der Waals surface area (Å²) in [6, 6.07) is 25.1. The number of thiocarbonyl (C=S) groups is 1. The van der Waals surface area contributed by atoms with Crippen LogP contribution in [0.4, 0.5) is 43.4 Å². The average molecular weight is 1140 g/mol. The zero-order valence-corrected chi connectivity index (χ0v) is 40.0. The van der Waals surface area contributed by atoms with Crippen LogP contribution in [0.3, 0.4) is 0 Å². The zero-order valence-electron chi connectivity index (χ0n) is 31.0. The highest BCUT2D eigenvalue weighted by atomic mass is 79.9. The second kappa shape index (κ2) is 30.8. The second-order valence-corrected chi connectivity index (χ2v) is 14.5. The van der Waals surface area contributed by atoms with Crippen molar-refractivity contribution in [1.82, 2.24) is 0 Å². The molecule has 59 heavy (non-hydrogen) atoms. The molecule has 7 nitrogen and oxygen atoms in total. The summed E-state index contributed by atoms with van der Waals surface area (Å²) in [5.74, 6) is -3.41. The van der Waals surface area contributed by atoms with Crippen LogP contribution in [0, 0.1) is 34.9 Å². The minimum atomic E-state index is -0.794. The number of rotatable bonds is 9. The largest absolute Gasteiger partial charge is 0.397 e. The Morgan fingerprint density at radius 1 is 0.610 bits per heavy atom. The summed E-state index contributed by atoms with van der Waals surface area (Å²) in [4.78, 5) is 7.98. The van der Waals surface area contributed by atoms with Gasteiger partial charge in [0.25, 0.3) is 0 Å². The van der Waals surface area contributed by atoms with Crippen LogP contribution >= 0.6 is 102 Å². The van der Waals surface area contributed by atoms with E-state index in [1.165, 1.54) is 52.8 Å². The van der Waals surface area contributed by atoms with Gasteiger partial charge in [-0.25, -0.2) is 36.3 Å². The van der Waals surface area contributed by atoms with E-state index >= 15 is 0 Å². The molecule has 0 aromatic heterocycles. The van der Waals surface area contributed by atoms with E-state index in [2.05, 4.69) is 83.6 Å². The summed E-state index contributed by atoms with van der Waals surface area (Å²) < 4.78 is 78.6. The summed E-state index contributed by atoms with van der Waals surface area (Å²) in [5, 5.41) is 12.0. The zero-order chi connectivity index (χ0) is 42.3. The van der Waals surface area contributed by atoms with E-state index in [0.717, 1.165) is 58.2 Å². The Balaban J connectivity index is 0.00000102. The number of nitrogens with one attached hydrogen (secondary N) is 1. The SMILES string of the molecule is Br.Br.BrCc1ccccc1CBr.CCO.NC(=Nc1ccc(F)cc1F)SCc1ccccc1CSC(N)=Nc1ccc(F)cc1F.NC(=S)Nc1ccc(F)cc1F. The van der Waals surface area contributed by atoms with E-state index in [1.807, 2.05) is 24.3 Å². The maximum absolute atomic E-state index is 13.7. The standard InChI is InChI=1S/C22H18F4N4S2.C8H8Br2.C7H6F2N2S.C2H6O.2BrH/c23-15-5-7-19(17(25)9-15)29-21(27)31-11-13-3-1-2-4-14(13)12-32-22(28)30-20-8-6-16(24)10-18(20)26;9-5-7-3-1-2-4-8(7)6-10;8-4-1-2-6(5(9)3-4)11-7(10)12;1-2-3;;/h1-10H,11-12H2,(H2,27,29)(H2,28,30);1-4H,5-6H2;1-3H,(H3,10,11,12);3H,2H2,1H3;2*1H. The lowest BCUT2D eigenvalue weighted by molar-refractivity contribution is 0.318. The molecule has 0 atom stereocenters. The summed E-state index contributed by atoms with van der Waals surface area (Å²) >= 11 is 13.7. The fourth-order valence-electron chi connectivity index (χ4n) is 4.13. The number of hydrogen-bond acceptors (Lipinski definition) is 6. The molecule has 5 rings (SSSR count). The number of nitrogens with two attached hydrogens (primary N) is 3. The Bertz CT molecular complexity index is 2010. The third kappa shape index (κ3) is 21.8. The van der Waals surface area contributed by atoms with Gasteiger partial charge in [-0.05, 0) is 77.8 Å². The number of anilines is 1. The number of aliphatic imine (C=N–C) groups is 2. The minimum Gasteiger partial charge on any atom is -0.397 e. The molecule has 320 valence electrons. The molecule has 0 aliphatic rings. The molecule has 0 amide bonds. The van der Waals surface area contributed by atoms with Crippen LogP contribution in [-0.4, -0.2) is 27.2 Å². The molecule has 0 bridgehead atoms. The van der Waals surface area contributed by atoms with Gasteiger partial charge in [-0.3, -0.25) is 0 Å². The maximum Gasteiger partial charge on any atom is 0.168 e. The average Bonchev–Trinajstić information content (AvgIpc) is 3.17. The molecule has 0 heterocycles. The van der Waals surface area contributed by atoms with Crippen molar-refractivity contribution in [2.75, 3.05) is 11.9 Å². The van der Waals surface area contributed by atoms with Crippen LogP contribution in [0.1, 0.15) is 29.2 Å². The second-order valence-electron chi connectivity index (χ2n) is 10.9. The van der Waals surface area contributed by atoms with Crippen LogP contribution in [0.2, 0.25) is 0 Å². The Morgan fingerprint density at radius 3 is 1.27 bits per heavy atom. The number of thioether (sulfide) groups is 2. The van der Waals surface area contributed by atoms with Crippen LogP contribution in [0.15, 0.2) is 113 Å². The van der Waals surface area contributed by atoms with Crippen molar-refractivity contribution in [1.29, 1.82) is 0 Å². The molecular formula is C39H40Br4F6N6OS3. The molecule has 8 N–H and O–H groups in total. The first kappa shape index (κ1) is 55.9.